The Labute approximate surface area is 131 Å². The van der Waals surface area contributed by atoms with Crippen molar-refractivity contribution in [3.8, 4) is 0 Å². The molecule has 0 radical (unpaired) electrons. The lowest BCUT2D eigenvalue weighted by Crippen LogP contribution is -2.22. The van der Waals surface area contributed by atoms with E-state index >= 15 is 0 Å². The molecule has 1 aliphatic carbocycles. The first-order valence-corrected chi connectivity index (χ1v) is 7.59. The van der Waals surface area contributed by atoms with Gasteiger partial charge in [-0.05, 0) is 53.5 Å². The maximum Gasteiger partial charge on any atom is 0.306 e. The number of allylic oxidation sites excluding steroid dienone is 2. The average molecular weight is 385 g/mol. The van der Waals surface area contributed by atoms with E-state index in [1.54, 1.807) is 0 Å². The second-order valence-corrected chi connectivity index (χ2v) is 5.82. The first-order valence-electron chi connectivity index (χ1n) is 6.52. The Morgan fingerprint density at radius 3 is 2.85 bits per heavy atom. The van der Waals surface area contributed by atoms with Crippen molar-refractivity contribution in [3.05, 3.63) is 40.0 Å². The number of benzene rings is 1. The number of hydrogen-bond donors (Lipinski definition) is 1. The second-order valence-electron chi connectivity index (χ2n) is 4.66. The summed E-state index contributed by atoms with van der Waals surface area (Å²) < 4.78 is 5.94. The summed E-state index contributed by atoms with van der Waals surface area (Å²) in [6, 6.07) is 7.45. The van der Waals surface area contributed by atoms with E-state index in [1.807, 2.05) is 30.3 Å². The first-order chi connectivity index (χ1) is 9.65. The Bertz CT molecular complexity index is 528. The zero-order valence-corrected chi connectivity index (χ0v) is 13.1. The number of ether oxygens (including phenoxy) is 1. The van der Waals surface area contributed by atoms with E-state index in [1.165, 1.54) is 0 Å². The summed E-state index contributed by atoms with van der Waals surface area (Å²) in [4.78, 5) is 23.3. The highest BCUT2D eigenvalue weighted by atomic mass is 127. The minimum atomic E-state index is -0.320. The number of halogens is 1. The van der Waals surface area contributed by atoms with Crippen LogP contribution in [0.15, 0.2) is 36.4 Å². The molecular formula is C15H16INO3. The Morgan fingerprint density at radius 2 is 2.15 bits per heavy atom. The van der Waals surface area contributed by atoms with Crippen LogP contribution < -0.4 is 5.32 Å². The van der Waals surface area contributed by atoms with Gasteiger partial charge in [0, 0.05) is 3.57 Å². The molecule has 1 atom stereocenters. The highest BCUT2D eigenvalue weighted by Crippen LogP contribution is 2.20. The van der Waals surface area contributed by atoms with Crippen molar-refractivity contribution in [1.82, 2.24) is 0 Å². The van der Waals surface area contributed by atoms with Crippen molar-refractivity contribution >= 4 is 40.2 Å². The van der Waals surface area contributed by atoms with Crippen molar-refractivity contribution < 1.29 is 14.3 Å². The molecule has 5 heteroatoms. The van der Waals surface area contributed by atoms with Crippen LogP contribution in [0.4, 0.5) is 5.69 Å². The van der Waals surface area contributed by atoms with Gasteiger partial charge in [0.05, 0.1) is 12.1 Å². The normalized spacial score (nSPS) is 16.9. The Balaban J connectivity index is 1.73. The van der Waals surface area contributed by atoms with Crippen molar-refractivity contribution in [1.29, 1.82) is 0 Å². The third-order valence-electron chi connectivity index (χ3n) is 3.05. The van der Waals surface area contributed by atoms with Crippen molar-refractivity contribution in [2.75, 3.05) is 11.9 Å². The number of esters is 1. The lowest BCUT2D eigenvalue weighted by atomic mass is 10.1. The van der Waals surface area contributed by atoms with Gasteiger partial charge < -0.3 is 10.1 Å². The maximum absolute atomic E-state index is 11.7. The van der Waals surface area contributed by atoms with E-state index in [0.717, 1.165) is 22.1 Å². The zero-order chi connectivity index (χ0) is 14.4. The molecule has 0 fully saturated rings. The van der Waals surface area contributed by atoms with Gasteiger partial charge in [-0.3, -0.25) is 9.59 Å². The molecule has 0 saturated carbocycles. The van der Waals surface area contributed by atoms with Crippen molar-refractivity contribution in [3.63, 3.8) is 0 Å². The van der Waals surface area contributed by atoms with Crippen LogP contribution in [-0.2, 0) is 14.3 Å². The lowest BCUT2D eigenvalue weighted by molar-refractivity contribution is -0.147. The SMILES string of the molecule is O=C(COC(=O)C[C@H]1C=CCC1)Nc1ccccc1I. The van der Waals surface area contributed by atoms with E-state index in [4.69, 9.17) is 4.74 Å². The van der Waals surface area contributed by atoms with E-state index in [2.05, 4.69) is 34.0 Å². The molecule has 0 unspecified atom stereocenters. The highest BCUT2D eigenvalue weighted by molar-refractivity contribution is 14.1. The number of amides is 1. The van der Waals surface area contributed by atoms with Gasteiger partial charge in [0.2, 0.25) is 0 Å². The topological polar surface area (TPSA) is 55.4 Å². The van der Waals surface area contributed by atoms with Crippen LogP contribution in [0.25, 0.3) is 0 Å². The van der Waals surface area contributed by atoms with Gasteiger partial charge in [-0.2, -0.15) is 0 Å². The Hall–Kier alpha value is -1.37. The third kappa shape index (κ3) is 4.63. The average Bonchev–Trinajstić information content (AvgIpc) is 2.92. The second kappa shape index (κ2) is 7.42. The number of carbonyl (C=O) groups excluding carboxylic acids is 2. The largest absolute Gasteiger partial charge is 0.456 e. The number of para-hydroxylation sites is 1. The van der Waals surface area contributed by atoms with Crippen molar-refractivity contribution in [2.24, 2.45) is 5.92 Å². The Morgan fingerprint density at radius 1 is 1.35 bits per heavy atom. The van der Waals surface area contributed by atoms with Gasteiger partial charge in [-0.1, -0.05) is 24.3 Å². The molecule has 106 valence electrons. The van der Waals surface area contributed by atoms with Gasteiger partial charge in [-0.15, -0.1) is 0 Å². The molecule has 0 saturated heterocycles. The summed E-state index contributed by atoms with van der Waals surface area (Å²) in [5, 5.41) is 2.72. The predicted octanol–water partition coefficient (Wildman–Crippen LogP) is 3.13. The van der Waals surface area contributed by atoms with E-state index < -0.39 is 0 Å². The highest BCUT2D eigenvalue weighted by Gasteiger charge is 2.16. The summed E-state index contributed by atoms with van der Waals surface area (Å²) >= 11 is 2.14. The van der Waals surface area contributed by atoms with E-state index in [-0.39, 0.29) is 24.4 Å². The molecule has 0 spiro atoms. The fourth-order valence-electron chi connectivity index (χ4n) is 2.03. The van der Waals surface area contributed by atoms with Crippen molar-refractivity contribution in [2.45, 2.75) is 19.3 Å². The zero-order valence-electron chi connectivity index (χ0n) is 11.0. The fraction of sp³-hybridized carbons (Fsp3) is 0.333. The molecule has 0 aromatic heterocycles. The van der Waals surface area contributed by atoms with Crippen LogP contribution in [0, 0.1) is 9.49 Å². The molecule has 1 N–H and O–H groups in total. The van der Waals surface area contributed by atoms with Gasteiger partial charge in [-0.25, -0.2) is 0 Å². The molecule has 2 rings (SSSR count). The molecule has 1 aromatic rings. The fourth-order valence-corrected chi connectivity index (χ4v) is 2.56. The molecule has 0 bridgehead atoms. The molecule has 1 amide bonds. The first kappa shape index (κ1) is 15.0. The number of nitrogens with one attached hydrogen (secondary N) is 1. The number of rotatable bonds is 5. The molecule has 20 heavy (non-hydrogen) atoms. The minimum absolute atomic E-state index is 0.236. The summed E-state index contributed by atoms with van der Waals surface area (Å²) in [5.74, 6) is -0.371. The van der Waals surface area contributed by atoms with E-state index in [9.17, 15) is 9.59 Å². The number of anilines is 1. The van der Waals surface area contributed by atoms with Crippen LogP contribution in [-0.4, -0.2) is 18.5 Å². The number of carbonyl (C=O) groups is 2. The molecule has 4 nitrogen and oxygen atoms in total. The monoisotopic (exact) mass is 385 g/mol. The summed E-state index contributed by atoms with van der Waals surface area (Å²) in [5.41, 5.74) is 0.730. The maximum atomic E-state index is 11.7. The summed E-state index contributed by atoms with van der Waals surface area (Å²) in [6.07, 6.45) is 6.47. The Kier molecular flexibility index (Phi) is 5.58. The lowest BCUT2D eigenvalue weighted by Gasteiger charge is -2.09. The quantitative estimate of drug-likeness (QED) is 0.482. The predicted molar refractivity (Wildman–Crippen MR) is 85.2 cm³/mol. The smallest absolute Gasteiger partial charge is 0.306 e. The van der Waals surface area contributed by atoms with E-state index in [0.29, 0.717) is 6.42 Å². The standard InChI is InChI=1S/C15H16INO3/c16-12-7-3-4-8-13(12)17-14(18)10-20-15(19)9-11-5-1-2-6-11/h1,3-5,7-8,11H,2,6,9-10H2,(H,17,18)/t11-/m0/s1. The number of hydrogen-bond acceptors (Lipinski definition) is 3. The van der Waals surface area contributed by atoms with Gasteiger partial charge in [0.15, 0.2) is 6.61 Å². The van der Waals surface area contributed by atoms with Crippen LogP contribution >= 0.6 is 22.6 Å². The summed E-state index contributed by atoms with van der Waals surface area (Å²) in [7, 11) is 0. The third-order valence-corrected chi connectivity index (χ3v) is 3.99. The molecule has 0 aliphatic heterocycles. The molecule has 1 aromatic carbocycles. The summed E-state index contributed by atoms with van der Waals surface area (Å²) in [6.45, 7) is -0.236. The van der Waals surface area contributed by atoms with Crippen LogP contribution in [0.5, 0.6) is 0 Å². The molecule has 1 aliphatic rings. The van der Waals surface area contributed by atoms with Crippen LogP contribution in [0.3, 0.4) is 0 Å². The van der Waals surface area contributed by atoms with Gasteiger partial charge in [0.25, 0.3) is 5.91 Å². The van der Waals surface area contributed by atoms with Gasteiger partial charge in [0.1, 0.15) is 0 Å². The minimum Gasteiger partial charge on any atom is -0.456 e. The van der Waals surface area contributed by atoms with Gasteiger partial charge >= 0.3 is 5.97 Å². The molecule has 0 heterocycles. The molecular weight excluding hydrogens is 369 g/mol. The van der Waals surface area contributed by atoms with Crippen LogP contribution in [0.1, 0.15) is 19.3 Å². The van der Waals surface area contributed by atoms with Crippen LogP contribution in [0.2, 0.25) is 0 Å².